The van der Waals surface area contributed by atoms with Crippen molar-refractivity contribution in [2.75, 3.05) is 6.67 Å². The van der Waals surface area contributed by atoms with Crippen molar-refractivity contribution < 1.29 is 8.78 Å². The van der Waals surface area contributed by atoms with E-state index in [9.17, 15) is 8.78 Å². The fraction of sp³-hybridized carbons (Fsp3) is 0.636. The summed E-state index contributed by atoms with van der Waals surface area (Å²) in [7, 11) is 0. The Bertz CT molecular complexity index is 547. The second kappa shape index (κ2) is 9.16. The van der Waals surface area contributed by atoms with Gasteiger partial charge in [-0.05, 0) is 93.6 Å². The first-order valence-electron chi connectivity index (χ1n) is 9.85. The first kappa shape index (κ1) is 18.9. The summed E-state index contributed by atoms with van der Waals surface area (Å²) in [5.74, 6) is 2.40. The van der Waals surface area contributed by atoms with E-state index in [-0.39, 0.29) is 18.4 Å². The van der Waals surface area contributed by atoms with Crippen molar-refractivity contribution in [2.45, 2.75) is 63.7 Å². The van der Waals surface area contributed by atoms with Crippen LogP contribution in [0.4, 0.5) is 8.78 Å². The summed E-state index contributed by atoms with van der Waals surface area (Å²) >= 11 is 6.25. The zero-order valence-electron chi connectivity index (χ0n) is 14.9. The van der Waals surface area contributed by atoms with Crippen molar-refractivity contribution in [3.05, 3.63) is 46.8 Å². The standard InChI is InChI=1S/C22H29ClF2/c23-20-5-3-6-21(25)22(20)19-13-11-18(12-14-19)17-9-7-16(8-10-17)4-1-2-15-24/h1,3-6,16-19H,2,7-15H2/b4-1+. The maximum atomic E-state index is 14.1. The van der Waals surface area contributed by atoms with Crippen LogP contribution in [0.1, 0.15) is 69.3 Å². The number of alkyl halides is 1. The average molecular weight is 367 g/mol. The maximum absolute atomic E-state index is 14.1. The van der Waals surface area contributed by atoms with E-state index in [1.807, 2.05) is 12.1 Å². The molecular weight excluding hydrogens is 338 g/mol. The first-order chi connectivity index (χ1) is 12.2. The summed E-state index contributed by atoms with van der Waals surface area (Å²) in [6.07, 6.45) is 14.4. The lowest BCUT2D eigenvalue weighted by Crippen LogP contribution is -2.25. The lowest BCUT2D eigenvalue weighted by molar-refractivity contribution is 0.171. The molecule has 0 amide bonds. The Morgan fingerprint density at radius 2 is 1.60 bits per heavy atom. The van der Waals surface area contributed by atoms with Gasteiger partial charge in [0.05, 0.1) is 6.67 Å². The van der Waals surface area contributed by atoms with E-state index in [0.29, 0.717) is 17.4 Å². The molecule has 0 spiro atoms. The number of hydrogen-bond acceptors (Lipinski definition) is 0. The second-order valence-electron chi connectivity index (χ2n) is 7.83. The Labute approximate surface area is 155 Å². The molecule has 1 aromatic rings. The quantitative estimate of drug-likeness (QED) is 0.474. The van der Waals surface area contributed by atoms with Crippen LogP contribution < -0.4 is 0 Å². The highest BCUT2D eigenvalue weighted by atomic mass is 35.5. The molecule has 0 radical (unpaired) electrons. The molecule has 0 atom stereocenters. The summed E-state index contributed by atoms with van der Waals surface area (Å²) < 4.78 is 26.3. The number of hydrogen-bond donors (Lipinski definition) is 0. The minimum atomic E-state index is -0.249. The van der Waals surface area contributed by atoms with Crippen LogP contribution in [0.3, 0.4) is 0 Å². The molecule has 138 valence electrons. The fourth-order valence-electron chi connectivity index (χ4n) is 4.94. The zero-order valence-corrected chi connectivity index (χ0v) is 15.7. The number of allylic oxidation sites excluding steroid dienone is 2. The van der Waals surface area contributed by atoms with Crippen LogP contribution in [-0.2, 0) is 0 Å². The fourth-order valence-corrected chi connectivity index (χ4v) is 5.26. The van der Waals surface area contributed by atoms with Crippen molar-refractivity contribution in [2.24, 2.45) is 17.8 Å². The van der Waals surface area contributed by atoms with Gasteiger partial charge in [0.25, 0.3) is 0 Å². The molecule has 0 bridgehead atoms. The lowest BCUT2D eigenvalue weighted by Gasteiger charge is -2.37. The van der Waals surface area contributed by atoms with Gasteiger partial charge in [-0.3, -0.25) is 4.39 Å². The molecule has 2 saturated carbocycles. The molecule has 2 aliphatic carbocycles. The summed E-state index contributed by atoms with van der Waals surface area (Å²) in [6, 6.07) is 5.03. The second-order valence-corrected chi connectivity index (χ2v) is 8.23. The molecule has 0 N–H and O–H groups in total. The predicted octanol–water partition coefficient (Wildman–Crippen LogP) is 7.48. The van der Waals surface area contributed by atoms with Gasteiger partial charge < -0.3 is 0 Å². The van der Waals surface area contributed by atoms with Crippen molar-refractivity contribution >= 4 is 11.6 Å². The van der Waals surface area contributed by atoms with Gasteiger partial charge in [0, 0.05) is 10.6 Å². The predicted molar refractivity (Wildman–Crippen MR) is 101 cm³/mol. The summed E-state index contributed by atoms with van der Waals surface area (Å²) in [4.78, 5) is 0. The monoisotopic (exact) mass is 366 g/mol. The Hall–Kier alpha value is -0.890. The Morgan fingerprint density at radius 1 is 0.960 bits per heavy atom. The van der Waals surface area contributed by atoms with Crippen LogP contribution in [0.25, 0.3) is 0 Å². The van der Waals surface area contributed by atoms with Crippen molar-refractivity contribution in [1.29, 1.82) is 0 Å². The van der Waals surface area contributed by atoms with Gasteiger partial charge in [-0.25, -0.2) is 4.39 Å². The van der Waals surface area contributed by atoms with Crippen LogP contribution in [0, 0.1) is 23.6 Å². The third kappa shape index (κ3) is 4.84. The zero-order chi connectivity index (χ0) is 17.6. The number of rotatable bonds is 5. The Balaban J connectivity index is 1.49. The molecule has 2 fully saturated rings. The van der Waals surface area contributed by atoms with E-state index in [0.717, 1.165) is 30.2 Å². The van der Waals surface area contributed by atoms with Crippen LogP contribution in [-0.4, -0.2) is 6.67 Å². The molecule has 0 aromatic heterocycles. The van der Waals surface area contributed by atoms with Crippen LogP contribution in [0.5, 0.6) is 0 Å². The SMILES string of the molecule is FCC/C=C/C1CCC(C2CCC(c3c(F)cccc3Cl)CC2)CC1. The van der Waals surface area contributed by atoms with E-state index in [1.165, 1.54) is 44.6 Å². The molecule has 0 heterocycles. The van der Waals surface area contributed by atoms with E-state index in [2.05, 4.69) is 6.08 Å². The highest BCUT2D eigenvalue weighted by molar-refractivity contribution is 6.31. The molecule has 3 rings (SSSR count). The van der Waals surface area contributed by atoms with Gasteiger partial charge in [0.15, 0.2) is 0 Å². The lowest BCUT2D eigenvalue weighted by atomic mass is 9.68. The normalized spacial score (nSPS) is 30.7. The minimum absolute atomic E-state index is 0.142. The van der Waals surface area contributed by atoms with Gasteiger partial charge in [0.1, 0.15) is 5.82 Å². The molecule has 0 unspecified atom stereocenters. The molecular formula is C22H29ClF2. The van der Waals surface area contributed by atoms with Crippen molar-refractivity contribution in [1.82, 2.24) is 0 Å². The van der Waals surface area contributed by atoms with E-state index < -0.39 is 0 Å². The molecule has 3 heteroatoms. The van der Waals surface area contributed by atoms with Crippen LogP contribution in [0.2, 0.25) is 5.02 Å². The van der Waals surface area contributed by atoms with E-state index >= 15 is 0 Å². The molecule has 0 aliphatic heterocycles. The van der Waals surface area contributed by atoms with Crippen LogP contribution in [0.15, 0.2) is 30.4 Å². The molecule has 1 aromatic carbocycles. The number of benzene rings is 1. The van der Waals surface area contributed by atoms with Crippen molar-refractivity contribution in [3.63, 3.8) is 0 Å². The van der Waals surface area contributed by atoms with Gasteiger partial charge in [0.2, 0.25) is 0 Å². The Kier molecular flexibility index (Phi) is 6.92. The first-order valence-corrected chi connectivity index (χ1v) is 10.2. The van der Waals surface area contributed by atoms with E-state index in [1.54, 1.807) is 6.07 Å². The van der Waals surface area contributed by atoms with Gasteiger partial charge in [-0.2, -0.15) is 0 Å². The molecule has 25 heavy (non-hydrogen) atoms. The highest BCUT2D eigenvalue weighted by Crippen LogP contribution is 2.45. The Morgan fingerprint density at radius 3 is 2.20 bits per heavy atom. The number of halogens is 3. The van der Waals surface area contributed by atoms with Crippen LogP contribution >= 0.6 is 11.6 Å². The maximum Gasteiger partial charge on any atom is 0.128 e. The summed E-state index contributed by atoms with van der Waals surface area (Å²) in [5, 5.41) is 0.587. The molecule has 0 saturated heterocycles. The summed E-state index contributed by atoms with van der Waals surface area (Å²) in [5.41, 5.74) is 0.740. The topological polar surface area (TPSA) is 0 Å². The highest BCUT2D eigenvalue weighted by Gasteiger charge is 2.32. The average Bonchev–Trinajstić information content (AvgIpc) is 2.63. The van der Waals surface area contributed by atoms with Gasteiger partial charge >= 0.3 is 0 Å². The van der Waals surface area contributed by atoms with Gasteiger partial charge in [-0.15, -0.1) is 0 Å². The van der Waals surface area contributed by atoms with Gasteiger partial charge in [-0.1, -0.05) is 29.8 Å². The largest absolute Gasteiger partial charge is 0.251 e. The smallest absolute Gasteiger partial charge is 0.128 e. The van der Waals surface area contributed by atoms with Crippen molar-refractivity contribution in [3.8, 4) is 0 Å². The molecule has 0 nitrogen and oxygen atoms in total. The third-order valence-corrected chi connectivity index (χ3v) is 6.68. The molecule has 2 aliphatic rings. The minimum Gasteiger partial charge on any atom is -0.251 e. The van der Waals surface area contributed by atoms with E-state index in [4.69, 9.17) is 11.6 Å². The summed E-state index contributed by atoms with van der Waals surface area (Å²) in [6.45, 7) is -0.249. The third-order valence-electron chi connectivity index (χ3n) is 6.35.